The first-order valence-corrected chi connectivity index (χ1v) is 8.08. The summed E-state index contributed by atoms with van der Waals surface area (Å²) in [6.45, 7) is 0. The van der Waals surface area contributed by atoms with Gasteiger partial charge in [0.05, 0.1) is 16.4 Å². The molecular weight excluding hydrogens is 331 g/mol. The summed E-state index contributed by atoms with van der Waals surface area (Å²) < 4.78 is 16.3. The predicted molar refractivity (Wildman–Crippen MR) is 90.8 cm³/mol. The summed E-state index contributed by atoms with van der Waals surface area (Å²) in [7, 11) is 0. The van der Waals surface area contributed by atoms with Crippen molar-refractivity contribution in [2.75, 3.05) is 5.73 Å². The van der Waals surface area contributed by atoms with E-state index in [0.717, 1.165) is 6.07 Å². The molecule has 0 saturated heterocycles. The Balaban J connectivity index is 2.05. The fraction of sp³-hybridized carbons (Fsp3) is 0.0588. The van der Waals surface area contributed by atoms with Gasteiger partial charge in [0.15, 0.2) is 0 Å². The number of anilines is 1. The van der Waals surface area contributed by atoms with E-state index in [1.165, 1.54) is 11.8 Å². The highest BCUT2D eigenvalue weighted by Crippen LogP contribution is 2.38. The fourth-order valence-electron chi connectivity index (χ4n) is 2.85. The van der Waals surface area contributed by atoms with E-state index in [0.29, 0.717) is 33.2 Å². The predicted octanol–water partition coefficient (Wildman–Crippen LogP) is 3.15. The van der Waals surface area contributed by atoms with Crippen LogP contribution in [0.1, 0.15) is 10.4 Å². The van der Waals surface area contributed by atoms with E-state index in [9.17, 15) is 19.1 Å². The lowest BCUT2D eigenvalue weighted by Gasteiger charge is -2.26. The molecule has 0 unspecified atom stereocenters. The highest BCUT2D eigenvalue weighted by atomic mass is 32.2. The molecule has 0 radical (unpaired) electrons. The van der Waals surface area contributed by atoms with Gasteiger partial charge in [-0.15, -0.1) is 0 Å². The number of carboxylic acids is 1. The van der Waals surface area contributed by atoms with Gasteiger partial charge in [-0.1, -0.05) is 23.9 Å². The van der Waals surface area contributed by atoms with Crippen molar-refractivity contribution in [3.8, 4) is 11.1 Å². The maximum Gasteiger partial charge on any atom is 0.342 e. The quantitative estimate of drug-likeness (QED) is 0.699. The number of rotatable bonds is 2. The van der Waals surface area contributed by atoms with Crippen molar-refractivity contribution in [2.24, 2.45) is 0 Å². The molecule has 7 heteroatoms. The number of carbonyl (C=O) groups is 1. The number of fused-ring (bicyclic) bond motifs is 3. The molecule has 0 bridgehead atoms. The Kier molecular flexibility index (Phi) is 3.14. The van der Waals surface area contributed by atoms with Crippen LogP contribution in [0.2, 0.25) is 0 Å². The maximum absolute atomic E-state index is 14.5. The lowest BCUT2D eigenvalue weighted by Crippen LogP contribution is -2.26. The van der Waals surface area contributed by atoms with Gasteiger partial charge in [0.1, 0.15) is 11.4 Å². The SMILES string of the molecule is Nc1ccc(-c2cc3c(cc2F)c(=O)c(C(=O)O)c2n3CS2)cc1. The first-order chi connectivity index (χ1) is 11.5. The van der Waals surface area contributed by atoms with Crippen LogP contribution in [-0.2, 0) is 5.88 Å². The number of nitrogens with zero attached hydrogens (tertiary/aromatic N) is 1. The number of halogens is 1. The van der Waals surface area contributed by atoms with Crippen molar-refractivity contribution in [3.63, 3.8) is 0 Å². The van der Waals surface area contributed by atoms with Crippen LogP contribution < -0.4 is 11.2 Å². The van der Waals surface area contributed by atoms with Gasteiger partial charge in [0.25, 0.3) is 0 Å². The number of hydrogen-bond acceptors (Lipinski definition) is 4. The number of aromatic nitrogens is 1. The van der Waals surface area contributed by atoms with Crippen molar-refractivity contribution in [3.05, 3.63) is 58.0 Å². The molecule has 2 heterocycles. The lowest BCUT2D eigenvalue weighted by molar-refractivity contribution is 0.0689. The molecule has 3 aromatic rings. The van der Waals surface area contributed by atoms with Crippen LogP contribution in [0.25, 0.3) is 22.0 Å². The Morgan fingerprint density at radius 2 is 1.96 bits per heavy atom. The topological polar surface area (TPSA) is 85.3 Å². The van der Waals surface area contributed by atoms with Crippen molar-refractivity contribution in [1.29, 1.82) is 0 Å². The van der Waals surface area contributed by atoms with E-state index in [-0.39, 0.29) is 10.9 Å². The van der Waals surface area contributed by atoms with Crippen LogP contribution >= 0.6 is 11.8 Å². The summed E-state index contributed by atoms with van der Waals surface area (Å²) in [6, 6.07) is 9.46. The van der Waals surface area contributed by atoms with Crippen LogP contribution in [0.4, 0.5) is 10.1 Å². The first kappa shape index (κ1) is 14.8. The average Bonchev–Trinajstić information content (AvgIpc) is 2.51. The zero-order valence-electron chi connectivity index (χ0n) is 12.2. The number of pyridine rings is 1. The molecule has 1 aromatic heterocycles. The molecule has 0 atom stereocenters. The molecule has 0 fully saturated rings. The molecule has 0 spiro atoms. The summed E-state index contributed by atoms with van der Waals surface area (Å²) in [5.41, 5.74) is 6.80. The summed E-state index contributed by atoms with van der Waals surface area (Å²) in [6.07, 6.45) is 0. The fourth-order valence-corrected chi connectivity index (χ4v) is 3.80. The molecule has 4 rings (SSSR count). The number of nitrogen functional groups attached to an aromatic ring is 1. The van der Waals surface area contributed by atoms with Crippen LogP contribution in [0.3, 0.4) is 0 Å². The monoisotopic (exact) mass is 342 g/mol. The van der Waals surface area contributed by atoms with Gasteiger partial charge in [0.2, 0.25) is 5.43 Å². The van der Waals surface area contributed by atoms with Gasteiger partial charge < -0.3 is 15.4 Å². The van der Waals surface area contributed by atoms with Gasteiger partial charge in [-0.05, 0) is 29.8 Å². The first-order valence-electron chi connectivity index (χ1n) is 7.09. The smallest absolute Gasteiger partial charge is 0.342 e. The lowest BCUT2D eigenvalue weighted by atomic mass is 10.0. The normalized spacial score (nSPS) is 12.7. The third-order valence-corrected chi connectivity index (χ3v) is 5.16. The number of aromatic carboxylic acids is 1. The molecule has 5 nitrogen and oxygen atoms in total. The number of thioether (sulfide) groups is 1. The summed E-state index contributed by atoms with van der Waals surface area (Å²) in [5.74, 6) is -1.34. The third kappa shape index (κ3) is 2.01. The number of nitrogens with two attached hydrogens (primary N) is 1. The van der Waals surface area contributed by atoms with E-state index in [1.54, 1.807) is 34.9 Å². The minimum Gasteiger partial charge on any atom is -0.477 e. The minimum atomic E-state index is -1.29. The molecule has 0 aliphatic carbocycles. The van der Waals surface area contributed by atoms with Gasteiger partial charge in [-0.2, -0.15) is 0 Å². The van der Waals surface area contributed by atoms with Gasteiger partial charge >= 0.3 is 5.97 Å². The number of benzene rings is 2. The molecule has 2 aromatic carbocycles. The second kappa shape index (κ2) is 5.10. The van der Waals surface area contributed by atoms with Crippen molar-refractivity contribution < 1.29 is 14.3 Å². The average molecular weight is 342 g/mol. The number of carboxylic acid groups (broad SMARTS) is 1. The Labute approximate surface area is 139 Å². The zero-order chi connectivity index (χ0) is 17.0. The summed E-state index contributed by atoms with van der Waals surface area (Å²) in [4.78, 5) is 23.8. The summed E-state index contributed by atoms with van der Waals surface area (Å²) >= 11 is 1.29. The maximum atomic E-state index is 14.5. The minimum absolute atomic E-state index is 0.0770. The molecule has 0 amide bonds. The highest BCUT2D eigenvalue weighted by molar-refractivity contribution is 7.99. The third-order valence-electron chi connectivity index (χ3n) is 4.07. The Hall–Kier alpha value is -2.80. The van der Waals surface area contributed by atoms with Crippen molar-refractivity contribution in [1.82, 2.24) is 4.57 Å². The van der Waals surface area contributed by atoms with Gasteiger partial charge in [-0.25, -0.2) is 9.18 Å². The zero-order valence-corrected chi connectivity index (χ0v) is 13.1. The molecule has 1 aliphatic heterocycles. The Bertz CT molecular complexity index is 1070. The highest BCUT2D eigenvalue weighted by Gasteiger charge is 2.28. The molecule has 0 saturated carbocycles. The van der Waals surface area contributed by atoms with E-state index in [1.807, 2.05) is 0 Å². The van der Waals surface area contributed by atoms with Crippen LogP contribution in [0, 0.1) is 5.82 Å². The molecule has 1 aliphatic rings. The standard InChI is InChI=1S/C17H11FN2O3S/c18-12-5-11-13(6-10(12)8-1-3-9(19)4-2-8)20-7-24-16(20)14(15(11)21)17(22)23/h1-6H,7,19H2,(H,22,23). The van der Waals surface area contributed by atoms with Crippen molar-refractivity contribution >= 4 is 34.3 Å². The van der Waals surface area contributed by atoms with E-state index >= 15 is 0 Å². The summed E-state index contributed by atoms with van der Waals surface area (Å²) in [5, 5.41) is 9.75. The van der Waals surface area contributed by atoms with E-state index in [4.69, 9.17) is 5.73 Å². The molecule has 3 N–H and O–H groups in total. The van der Waals surface area contributed by atoms with Crippen LogP contribution in [-0.4, -0.2) is 15.6 Å². The van der Waals surface area contributed by atoms with Crippen LogP contribution in [0.15, 0.2) is 46.2 Å². The van der Waals surface area contributed by atoms with Gasteiger partial charge in [-0.3, -0.25) is 4.79 Å². The van der Waals surface area contributed by atoms with E-state index in [2.05, 4.69) is 0 Å². The molecular formula is C17H11FN2O3S. The molecule has 120 valence electrons. The largest absolute Gasteiger partial charge is 0.477 e. The van der Waals surface area contributed by atoms with Gasteiger partial charge in [0, 0.05) is 16.6 Å². The Morgan fingerprint density at radius 3 is 2.54 bits per heavy atom. The second-order valence-electron chi connectivity index (χ2n) is 5.49. The Morgan fingerprint density at radius 1 is 1.25 bits per heavy atom. The number of hydrogen-bond donors (Lipinski definition) is 2. The van der Waals surface area contributed by atoms with Crippen LogP contribution in [0.5, 0.6) is 0 Å². The molecule has 24 heavy (non-hydrogen) atoms. The van der Waals surface area contributed by atoms with Crippen molar-refractivity contribution in [2.45, 2.75) is 10.9 Å². The van der Waals surface area contributed by atoms with E-state index < -0.39 is 17.2 Å². The second-order valence-corrected chi connectivity index (χ2v) is 6.42.